The minimum absolute atomic E-state index is 0.0252. The first-order valence-electron chi connectivity index (χ1n) is 23.6. The number of aliphatic hydroxyl groups excluding tert-OH is 1. The summed E-state index contributed by atoms with van der Waals surface area (Å²) in [6.45, 7) is -1.33. The molecule has 0 saturated carbocycles. The number of para-hydroxylation sites is 1. The summed E-state index contributed by atoms with van der Waals surface area (Å²) < 4.78 is 49.8. The van der Waals surface area contributed by atoms with Gasteiger partial charge < -0.3 is 47.8 Å². The number of carbonyl (C=O) groups excluding carboxylic acids is 7. The zero-order chi connectivity index (χ0) is 52.4. The number of esters is 4. The number of hydrogen-bond donors (Lipinski definition) is 2. The van der Waals surface area contributed by atoms with Crippen molar-refractivity contribution in [1.82, 2.24) is 10.4 Å². The largest absolute Gasteiger partial charge is 0.459 e. The second-order valence-electron chi connectivity index (χ2n) is 17.2. The van der Waals surface area contributed by atoms with Gasteiger partial charge in [-0.25, -0.2) is 19.2 Å². The van der Waals surface area contributed by atoms with Crippen molar-refractivity contribution >= 4 is 42.0 Å². The van der Waals surface area contributed by atoms with Gasteiger partial charge >= 0.3 is 23.9 Å². The Bertz CT molecular complexity index is 2970. The van der Waals surface area contributed by atoms with Crippen molar-refractivity contribution < 1.29 is 81.4 Å². The van der Waals surface area contributed by atoms with Gasteiger partial charge in [0.05, 0.1) is 38.9 Å². The van der Waals surface area contributed by atoms with Crippen molar-refractivity contribution in [2.75, 3.05) is 20.3 Å². The standard InChI is InChI=1S/C56H48N2O17/c1-67-56-44(58-49(61)38-27-15-16-28-39(38)50(58)62)48(73-54(66)36-24-12-5-13-25-36)46(42(71-56)32-69-52(64)34-20-8-3-9-21-34)74-55-43(57-75-40-29-17-14-26-37(40)30-59)47(72-53(65)35-22-10-4-11-23-35)45(60)41(70-55)31-68-51(63)33-18-6-2-7-19-33/h2-30,41-48,55-57,60H,31-32H2,1H3. The maximum Gasteiger partial charge on any atom is 0.338 e. The van der Waals surface area contributed by atoms with E-state index in [1.54, 1.807) is 97.1 Å². The predicted octanol–water partition coefficient (Wildman–Crippen LogP) is 5.42. The van der Waals surface area contributed by atoms with E-state index in [9.17, 15) is 38.7 Å². The molecule has 2 saturated heterocycles. The Morgan fingerprint density at radius 1 is 0.560 bits per heavy atom. The van der Waals surface area contributed by atoms with E-state index in [2.05, 4.69) is 5.48 Å². The molecule has 2 fully saturated rings. The fourth-order valence-electron chi connectivity index (χ4n) is 8.83. The number of hydrogen-bond acceptors (Lipinski definition) is 18. The molecule has 3 aliphatic rings. The van der Waals surface area contributed by atoms with Crippen LogP contribution in [0, 0.1) is 0 Å². The third kappa shape index (κ3) is 11.4. The van der Waals surface area contributed by atoms with Gasteiger partial charge in [0.15, 0.2) is 36.8 Å². The molecule has 384 valence electrons. The number of methoxy groups -OCH3 is 1. The minimum Gasteiger partial charge on any atom is -0.459 e. The summed E-state index contributed by atoms with van der Waals surface area (Å²) in [5.41, 5.74) is 3.30. The first-order valence-corrected chi connectivity index (χ1v) is 23.6. The van der Waals surface area contributed by atoms with E-state index in [-0.39, 0.29) is 44.7 Å². The maximum atomic E-state index is 14.5. The summed E-state index contributed by atoms with van der Waals surface area (Å²) in [7, 11) is 1.23. The van der Waals surface area contributed by atoms with Gasteiger partial charge in [0, 0.05) is 7.11 Å². The topological polar surface area (TPSA) is 238 Å². The number of aldehydes is 1. The fraction of sp³-hybridized carbons (Fsp3) is 0.232. The first kappa shape index (κ1) is 51.5. The molecule has 2 amide bonds. The molecule has 19 heteroatoms. The Morgan fingerprint density at radius 2 is 1.00 bits per heavy atom. The lowest BCUT2D eigenvalue weighted by molar-refractivity contribution is -0.337. The number of ether oxygens (including phenoxy) is 8. The molecule has 10 atom stereocenters. The maximum absolute atomic E-state index is 14.5. The molecule has 0 aliphatic carbocycles. The van der Waals surface area contributed by atoms with E-state index in [4.69, 9.17) is 42.7 Å². The van der Waals surface area contributed by atoms with Crippen molar-refractivity contribution in [1.29, 1.82) is 0 Å². The van der Waals surface area contributed by atoms with Crippen LogP contribution in [0.4, 0.5) is 0 Å². The molecule has 75 heavy (non-hydrogen) atoms. The molecule has 9 rings (SSSR count). The van der Waals surface area contributed by atoms with Crippen molar-refractivity contribution in [3.63, 3.8) is 0 Å². The smallest absolute Gasteiger partial charge is 0.338 e. The summed E-state index contributed by atoms with van der Waals surface area (Å²) in [6, 6.07) is 40.3. The van der Waals surface area contributed by atoms with Gasteiger partial charge in [-0.05, 0) is 72.8 Å². The van der Waals surface area contributed by atoms with E-state index in [0.29, 0.717) is 6.29 Å². The van der Waals surface area contributed by atoms with Crippen LogP contribution in [0.1, 0.15) is 72.5 Å². The molecule has 0 spiro atoms. The molecule has 2 N–H and O–H groups in total. The molecule has 6 aromatic carbocycles. The highest BCUT2D eigenvalue weighted by atomic mass is 16.7. The van der Waals surface area contributed by atoms with Crippen molar-refractivity contribution in [3.05, 3.63) is 209 Å². The predicted molar refractivity (Wildman–Crippen MR) is 260 cm³/mol. The van der Waals surface area contributed by atoms with Gasteiger partial charge in [-0.1, -0.05) is 97.1 Å². The lowest BCUT2D eigenvalue weighted by Crippen LogP contribution is -2.70. The van der Waals surface area contributed by atoms with E-state index in [0.717, 1.165) is 4.90 Å². The van der Waals surface area contributed by atoms with Gasteiger partial charge in [-0.3, -0.25) is 19.3 Å². The molecule has 10 unspecified atom stereocenters. The van der Waals surface area contributed by atoms with E-state index in [1.165, 1.54) is 79.9 Å². The number of amides is 2. The van der Waals surface area contributed by atoms with Crippen LogP contribution in [0.3, 0.4) is 0 Å². The van der Waals surface area contributed by atoms with E-state index >= 15 is 0 Å². The van der Waals surface area contributed by atoms with Crippen molar-refractivity contribution in [2.45, 2.75) is 61.3 Å². The van der Waals surface area contributed by atoms with Crippen LogP contribution < -0.4 is 10.3 Å². The molecule has 0 bridgehead atoms. The second-order valence-corrected chi connectivity index (χ2v) is 17.2. The molecule has 3 aliphatic heterocycles. The summed E-state index contributed by atoms with van der Waals surface area (Å²) in [6.07, 6.45) is -13.2. The number of imide groups is 1. The lowest BCUT2D eigenvalue weighted by Gasteiger charge is -2.50. The quantitative estimate of drug-likeness (QED) is 0.0359. The molecule has 3 heterocycles. The van der Waals surface area contributed by atoms with Gasteiger partial charge in [0.1, 0.15) is 49.7 Å². The fourth-order valence-corrected chi connectivity index (χ4v) is 8.83. The molecular weight excluding hydrogens is 973 g/mol. The third-order valence-electron chi connectivity index (χ3n) is 12.6. The molecule has 19 nitrogen and oxygen atoms in total. The van der Waals surface area contributed by atoms with Crippen LogP contribution >= 0.6 is 0 Å². The number of rotatable bonds is 18. The third-order valence-corrected chi connectivity index (χ3v) is 12.6. The second kappa shape index (κ2) is 23.6. The zero-order valence-corrected chi connectivity index (χ0v) is 39.9. The highest BCUT2D eigenvalue weighted by Gasteiger charge is 2.59. The Morgan fingerprint density at radius 3 is 1.51 bits per heavy atom. The van der Waals surface area contributed by atoms with Gasteiger partial charge in [0.2, 0.25) is 0 Å². The Hall–Kier alpha value is -8.43. The molecule has 0 radical (unpaired) electrons. The van der Waals surface area contributed by atoms with Gasteiger partial charge in [-0.15, -0.1) is 5.48 Å². The van der Waals surface area contributed by atoms with Crippen LogP contribution in [-0.4, -0.2) is 134 Å². The highest BCUT2D eigenvalue weighted by molar-refractivity contribution is 6.21. The number of nitrogens with one attached hydrogen (secondary N) is 1. The number of fused-ring (bicyclic) bond motifs is 1. The van der Waals surface area contributed by atoms with Crippen LogP contribution in [0.15, 0.2) is 170 Å². The number of hydroxylamine groups is 1. The molecular formula is C56H48N2O17. The number of carbonyl (C=O) groups is 7. The van der Waals surface area contributed by atoms with Crippen LogP contribution in [-0.2, 0) is 37.9 Å². The average Bonchev–Trinajstić information content (AvgIpc) is 3.72. The normalized spacial score (nSPS) is 24.1. The molecule has 6 aromatic rings. The first-order chi connectivity index (χ1) is 36.5. The van der Waals surface area contributed by atoms with Crippen molar-refractivity contribution in [3.8, 4) is 5.75 Å². The number of nitrogens with zero attached hydrogens (tertiary/aromatic N) is 1. The van der Waals surface area contributed by atoms with Gasteiger partial charge in [-0.2, -0.15) is 0 Å². The Kier molecular flexibility index (Phi) is 16.2. The van der Waals surface area contributed by atoms with Crippen molar-refractivity contribution in [2.24, 2.45) is 0 Å². The summed E-state index contributed by atoms with van der Waals surface area (Å²) >= 11 is 0. The van der Waals surface area contributed by atoms with E-state index in [1.807, 2.05) is 0 Å². The monoisotopic (exact) mass is 1020 g/mol. The Balaban J connectivity index is 1.17. The van der Waals surface area contributed by atoms with Crippen LogP contribution in [0.5, 0.6) is 5.75 Å². The Labute approximate surface area is 428 Å². The number of benzene rings is 6. The summed E-state index contributed by atoms with van der Waals surface area (Å²) in [5, 5.41) is 12.2. The lowest BCUT2D eigenvalue weighted by atomic mass is 9.93. The van der Waals surface area contributed by atoms with E-state index < -0.39 is 110 Å². The minimum atomic E-state index is -1.88. The summed E-state index contributed by atoms with van der Waals surface area (Å²) in [5.74, 6) is -5.13. The van der Waals surface area contributed by atoms with Crippen LogP contribution in [0.2, 0.25) is 0 Å². The highest BCUT2D eigenvalue weighted by Crippen LogP contribution is 2.38. The molecule has 0 aromatic heterocycles. The zero-order valence-electron chi connectivity index (χ0n) is 39.9. The number of aliphatic hydroxyl groups is 1. The average molecular weight is 1020 g/mol. The van der Waals surface area contributed by atoms with Gasteiger partial charge in [0.25, 0.3) is 11.8 Å². The summed E-state index contributed by atoms with van der Waals surface area (Å²) in [4.78, 5) is 104. The van der Waals surface area contributed by atoms with Crippen LogP contribution in [0.25, 0.3) is 0 Å². The SMILES string of the molecule is COC1OC(COC(=O)c2ccccc2)C(OC2OC(COC(=O)c3ccccc3)C(O)C(OC(=O)c3ccccc3)C2NOc2ccccc2C=O)C(OC(=O)c2ccccc2)C1N1C(=O)c2ccccc2C1=O.